The molecule has 0 bridgehead atoms. The highest BCUT2D eigenvalue weighted by molar-refractivity contribution is 8.04. The van der Waals surface area contributed by atoms with E-state index in [1.54, 1.807) is 6.07 Å². The first-order valence-corrected chi connectivity index (χ1v) is 5.33. The molecule has 0 heterocycles. The average molecular weight is 205 g/mol. The number of rotatable bonds is 2. The largest absolute Gasteiger partial charge is 0.389 e. The molecule has 0 N–H and O–H groups in total. The maximum absolute atomic E-state index is 10.5. The van der Waals surface area contributed by atoms with E-state index in [9.17, 15) is 4.21 Å². The lowest BCUT2D eigenvalue weighted by Gasteiger charge is -2.03. The van der Waals surface area contributed by atoms with Gasteiger partial charge in [0.15, 0.2) is 0 Å². The Labute approximate surface area is 78.7 Å². The van der Waals surface area contributed by atoms with Crippen molar-refractivity contribution < 1.29 is 8.39 Å². The van der Waals surface area contributed by atoms with Crippen molar-refractivity contribution in [3.05, 3.63) is 29.3 Å². The van der Waals surface area contributed by atoms with Crippen molar-refractivity contribution in [3.63, 3.8) is 0 Å². The quantitative estimate of drug-likeness (QED) is 0.692. The summed E-state index contributed by atoms with van der Waals surface area (Å²) in [7, 11) is 3.41. The van der Waals surface area contributed by atoms with Crippen LogP contribution in [-0.2, 0) is 10.3 Å². The Balaban J connectivity index is 2.93. The van der Waals surface area contributed by atoms with Crippen molar-refractivity contribution in [1.29, 1.82) is 0 Å². The smallest absolute Gasteiger partial charge is 0.308 e. The molecule has 1 atom stereocenters. The Hall–Kier alpha value is -0.540. The monoisotopic (exact) mass is 204 g/mol. The third kappa shape index (κ3) is 2.50. The van der Waals surface area contributed by atoms with Gasteiger partial charge in [-0.1, -0.05) is 17.7 Å². The molecule has 0 aliphatic heterocycles. The van der Waals surface area contributed by atoms with Gasteiger partial charge in [0.05, 0.1) is 0 Å². The van der Waals surface area contributed by atoms with Gasteiger partial charge < -0.3 is 4.18 Å². The van der Waals surface area contributed by atoms with Gasteiger partial charge in [-0.05, 0) is 25.5 Å². The van der Waals surface area contributed by atoms with E-state index >= 15 is 0 Å². The molecule has 0 saturated heterocycles. The first-order valence-electron chi connectivity index (χ1n) is 3.43. The van der Waals surface area contributed by atoms with Crippen LogP contribution in [0.2, 0.25) is 0 Å². The first kappa shape index (κ1) is 9.55. The topological polar surface area (TPSA) is 26.3 Å². The fourth-order valence-electron chi connectivity index (χ4n) is 0.963. The van der Waals surface area contributed by atoms with Crippen LogP contribution >= 0.6 is 10.7 Å². The van der Waals surface area contributed by atoms with Crippen molar-refractivity contribution in [2.24, 2.45) is 0 Å². The molecule has 0 aliphatic carbocycles. The van der Waals surface area contributed by atoms with E-state index in [4.69, 9.17) is 14.9 Å². The first-order chi connectivity index (χ1) is 5.59. The van der Waals surface area contributed by atoms with Gasteiger partial charge in [0, 0.05) is 10.7 Å². The molecule has 1 unspecified atom stereocenters. The van der Waals surface area contributed by atoms with E-state index < -0.39 is 10.3 Å². The van der Waals surface area contributed by atoms with Crippen LogP contribution in [0, 0.1) is 13.8 Å². The standard InChI is InChI=1S/C8H9ClO2S/c1-6-3-4-8(7(2)5-6)11-12(9)10/h3-5H,1-2H3. The molecule has 0 aliphatic rings. The molecule has 1 rings (SSSR count). The summed E-state index contributed by atoms with van der Waals surface area (Å²) >= 11 is 0. The number of hydrogen-bond donors (Lipinski definition) is 0. The van der Waals surface area contributed by atoms with Crippen molar-refractivity contribution in [2.45, 2.75) is 13.8 Å². The van der Waals surface area contributed by atoms with E-state index in [2.05, 4.69) is 0 Å². The Kier molecular flexibility index (Phi) is 3.12. The van der Waals surface area contributed by atoms with E-state index in [0.717, 1.165) is 11.1 Å². The molecule has 1 aromatic carbocycles. The maximum atomic E-state index is 10.5. The zero-order chi connectivity index (χ0) is 9.14. The van der Waals surface area contributed by atoms with Gasteiger partial charge in [0.25, 0.3) is 0 Å². The average Bonchev–Trinajstić information content (AvgIpc) is 1.94. The minimum Gasteiger partial charge on any atom is -0.389 e. The Morgan fingerprint density at radius 1 is 1.42 bits per heavy atom. The zero-order valence-corrected chi connectivity index (χ0v) is 8.41. The van der Waals surface area contributed by atoms with Crippen LogP contribution in [0.3, 0.4) is 0 Å². The second kappa shape index (κ2) is 3.92. The van der Waals surface area contributed by atoms with E-state index in [0.29, 0.717) is 5.75 Å². The lowest BCUT2D eigenvalue weighted by molar-refractivity contribution is 0.573. The summed E-state index contributed by atoms with van der Waals surface area (Å²) in [5.41, 5.74) is 2.07. The second-order valence-electron chi connectivity index (χ2n) is 2.55. The molecule has 0 radical (unpaired) electrons. The van der Waals surface area contributed by atoms with Gasteiger partial charge in [-0.15, -0.1) is 0 Å². The number of hydrogen-bond acceptors (Lipinski definition) is 2. The van der Waals surface area contributed by atoms with E-state index in [1.807, 2.05) is 26.0 Å². The summed E-state index contributed by atoms with van der Waals surface area (Å²) in [5, 5.41) is 0. The highest BCUT2D eigenvalue weighted by atomic mass is 35.7. The normalized spacial score (nSPS) is 12.6. The van der Waals surface area contributed by atoms with Gasteiger partial charge >= 0.3 is 10.3 Å². The lowest BCUT2D eigenvalue weighted by Crippen LogP contribution is -1.93. The summed E-state index contributed by atoms with van der Waals surface area (Å²) in [6.45, 7) is 3.86. The fourth-order valence-corrected chi connectivity index (χ4v) is 1.50. The van der Waals surface area contributed by atoms with Crippen LogP contribution in [0.1, 0.15) is 11.1 Å². The zero-order valence-electron chi connectivity index (χ0n) is 6.83. The van der Waals surface area contributed by atoms with Crippen LogP contribution in [0.25, 0.3) is 0 Å². The highest BCUT2D eigenvalue weighted by Gasteiger charge is 2.01. The van der Waals surface area contributed by atoms with Crippen LogP contribution in [-0.4, -0.2) is 4.21 Å². The highest BCUT2D eigenvalue weighted by Crippen LogP contribution is 2.19. The summed E-state index contributed by atoms with van der Waals surface area (Å²) in [6, 6.07) is 5.58. The van der Waals surface area contributed by atoms with Crippen molar-refractivity contribution in [1.82, 2.24) is 0 Å². The Morgan fingerprint density at radius 3 is 2.58 bits per heavy atom. The molecule has 2 nitrogen and oxygen atoms in total. The fraction of sp³-hybridized carbons (Fsp3) is 0.250. The van der Waals surface area contributed by atoms with Crippen molar-refractivity contribution in [3.8, 4) is 5.75 Å². The second-order valence-corrected chi connectivity index (χ2v) is 3.86. The summed E-state index contributed by atoms with van der Waals surface area (Å²) in [4.78, 5) is 0. The third-order valence-electron chi connectivity index (χ3n) is 1.49. The number of benzene rings is 1. The van der Waals surface area contributed by atoms with Crippen LogP contribution < -0.4 is 4.18 Å². The van der Waals surface area contributed by atoms with Crippen LogP contribution in [0.15, 0.2) is 18.2 Å². The Bertz CT molecular complexity index is 312. The molecule has 0 saturated carbocycles. The molecule has 66 valence electrons. The molecule has 0 amide bonds. The van der Waals surface area contributed by atoms with E-state index in [1.165, 1.54) is 0 Å². The van der Waals surface area contributed by atoms with Gasteiger partial charge in [-0.25, -0.2) is 0 Å². The molecule has 12 heavy (non-hydrogen) atoms. The van der Waals surface area contributed by atoms with Gasteiger partial charge in [-0.2, -0.15) is 4.21 Å². The van der Waals surface area contributed by atoms with Gasteiger partial charge in [0.2, 0.25) is 0 Å². The lowest BCUT2D eigenvalue weighted by atomic mass is 10.1. The summed E-state index contributed by atoms with van der Waals surface area (Å²) in [6.07, 6.45) is 0. The van der Waals surface area contributed by atoms with Crippen molar-refractivity contribution in [2.75, 3.05) is 0 Å². The molecule has 0 aromatic heterocycles. The number of aryl methyl sites for hydroxylation is 2. The molecule has 0 spiro atoms. The molecule has 0 fully saturated rings. The molecule has 1 aromatic rings. The molecular formula is C8H9ClO2S. The van der Waals surface area contributed by atoms with Gasteiger partial charge in [0.1, 0.15) is 5.75 Å². The summed E-state index contributed by atoms with van der Waals surface area (Å²) in [5.74, 6) is 0.564. The predicted octanol–water partition coefficient (Wildman–Crippen LogP) is 2.50. The SMILES string of the molecule is Cc1ccc(OS(=O)Cl)c(C)c1. The minimum atomic E-state index is -1.76. The molecule has 4 heteroatoms. The predicted molar refractivity (Wildman–Crippen MR) is 50.5 cm³/mol. The van der Waals surface area contributed by atoms with Crippen molar-refractivity contribution >= 4 is 21.0 Å². The maximum Gasteiger partial charge on any atom is 0.308 e. The summed E-state index contributed by atoms with van der Waals surface area (Å²) < 4.78 is 15.3. The Morgan fingerprint density at radius 2 is 2.08 bits per heavy atom. The number of halogens is 1. The van der Waals surface area contributed by atoms with Crippen LogP contribution in [0.5, 0.6) is 5.75 Å². The molecular weight excluding hydrogens is 196 g/mol. The van der Waals surface area contributed by atoms with E-state index in [-0.39, 0.29) is 0 Å². The minimum absolute atomic E-state index is 0.564. The van der Waals surface area contributed by atoms with Gasteiger partial charge in [-0.3, -0.25) is 0 Å². The van der Waals surface area contributed by atoms with Crippen LogP contribution in [0.4, 0.5) is 0 Å². The third-order valence-corrected chi connectivity index (χ3v) is 1.99.